The van der Waals surface area contributed by atoms with Crippen molar-refractivity contribution in [2.45, 2.75) is 43.5 Å². The van der Waals surface area contributed by atoms with Crippen LogP contribution in [-0.4, -0.2) is 13.3 Å². The number of rotatable bonds is 10. The average Bonchev–Trinajstić information content (AvgIpc) is 3.45. The molecule has 0 aromatic heterocycles. The first kappa shape index (κ1) is 47.7. The first-order chi connectivity index (χ1) is 36.4. The third kappa shape index (κ3) is 9.97. The summed E-state index contributed by atoms with van der Waals surface area (Å²) in [4.78, 5) is 2.38. The Bertz CT molecular complexity index is 4030. The van der Waals surface area contributed by atoms with Gasteiger partial charge in [0, 0.05) is 17.1 Å². The normalized spacial score (nSPS) is 11.9. The van der Waals surface area contributed by atoms with Crippen molar-refractivity contribution in [3.05, 3.63) is 266 Å². The molecule has 12 aromatic carbocycles. The van der Waals surface area contributed by atoms with Crippen LogP contribution in [-0.2, 0) is 5.41 Å². The molecular weight excluding hydrogens is 963 g/mol. The molecule has 0 atom stereocenters. The van der Waals surface area contributed by atoms with E-state index < -0.39 is 13.3 Å². The molecule has 12 aromatic rings. The van der Waals surface area contributed by atoms with Gasteiger partial charge in [-0.15, -0.1) is 0 Å². The second-order valence-corrected chi connectivity index (χ2v) is 33.0. The van der Waals surface area contributed by atoms with Gasteiger partial charge in [-0.1, -0.05) is 148 Å². The van der Waals surface area contributed by atoms with Crippen molar-refractivity contribution < 1.29 is 0 Å². The molecular formula is C73H61GeN. The maximum atomic E-state index is 2.45. The van der Waals surface area contributed by atoms with Gasteiger partial charge in [-0.3, -0.25) is 0 Å². The third-order valence-electron chi connectivity index (χ3n) is 15.2. The molecule has 0 aliphatic carbocycles. The Hall–Kier alpha value is -8.24. The van der Waals surface area contributed by atoms with E-state index in [0.717, 1.165) is 17.1 Å². The van der Waals surface area contributed by atoms with Crippen molar-refractivity contribution in [1.29, 1.82) is 0 Å². The van der Waals surface area contributed by atoms with Crippen molar-refractivity contribution in [2.75, 3.05) is 4.90 Å². The van der Waals surface area contributed by atoms with Crippen molar-refractivity contribution in [3.8, 4) is 66.8 Å². The fourth-order valence-corrected chi connectivity index (χ4v) is 13.1. The topological polar surface area (TPSA) is 3.24 Å². The fraction of sp³-hybridized carbons (Fsp3) is 0.0959. The van der Waals surface area contributed by atoms with Crippen molar-refractivity contribution >= 4 is 67.0 Å². The molecule has 0 heterocycles. The number of anilines is 3. The summed E-state index contributed by atoms with van der Waals surface area (Å²) in [5.74, 6) is 7.36. The summed E-state index contributed by atoms with van der Waals surface area (Å²) in [5.41, 5.74) is 19.3. The van der Waals surface area contributed by atoms with Gasteiger partial charge in [0.2, 0.25) is 0 Å². The van der Waals surface area contributed by atoms with Crippen LogP contribution in [0.15, 0.2) is 261 Å². The summed E-state index contributed by atoms with van der Waals surface area (Å²) >= 11 is -1.89. The van der Waals surface area contributed by atoms with E-state index in [2.05, 4.69) is 304 Å². The second-order valence-electron chi connectivity index (χ2n) is 22.3. The number of hydrogen-bond acceptors (Lipinski definition) is 1. The monoisotopic (exact) mass is 1030 g/mol. The molecule has 0 bridgehead atoms. The summed E-state index contributed by atoms with van der Waals surface area (Å²) in [6.07, 6.45) is 0. The first-order valence-electron chi connectivity index (χ1n) is 26.4. The summed E-state index contributed by atoms with van der Waals surface area (Å²) < 4.78 is 1.53. The SMILES string of the molecule is CC(C)(C)c1cccc(-c2ccc3ccc(-c4ccc(N(c5ccc(-c6ccc7ccc(-c8ccccc8)cc7c6)cc5)c5ccc(-c6ccc7ccc(-c8cc[c]([Ge]([CH3])([CH3])[CH3])cc8)cc7c6)cc5)cc4)cc3c2)c1. The Labute approximate surface area is 445 Å². The van der Waals surface area contributed by atoms with Gasteiger partial charge in [-0.05, 0) is 126 Å². The minimum atomic E-state index is -1.89. The van der Waals surface area contributed by atoms with Gasteiger partial charge < -0.3 is 4.90 Å². The molecule has 0 amide bonds. The molecule has 0 saturated carbocycles. The predicted molar refractivity (Wildman–Crippen MR) is 328 cm³/mol. The zero-order chi connectivity index (χ0) is 51.3. The molecule has 0 N–H and O–H groups in total. The van der Waals surface area contributed by atoms with E-state index in [9.17, 15) is 0 Å². The van der Waals surface area contributed by atoms with E-state index in [0.29, 0.717) is 0 Å². The molecule has 2 heteroatoms. The number of hydrogen-bond donors (Lipinski definition) is 0. The van der Waals surface area contributed by atoms with Crippen molar-refractivity contribution in [1.82, 2.24) is 0 Å². The van der Waals surface area contributed by atoms with Gasteiger partial charge in [-0.25, -0.2) is 0 Å². The van der Waals surface area contributed by atoms with Crippen molar-refractivity contribution in [2.24, 2.45) is 0 Å². The maximum absolute atomic E-state index is 2.45. The van der Waals surface area contributed by atoms with E-state index in [1.54, 1.807) is 0 Å². The molecule has 0 aliphatic heterocycles. The summed E-state index contributed by atoms with van der Waals surface area (Å²) in [7, 11) is 0. The van der Waals surface area contributed by atoms with Gasteiger partial charge in [0.25, 0.3) is 0 Å². The van der Waals surface area contributed by atoms with E-state index in [4.69, 9.17) is 0 Å². The minimum absolute atomic E-state index is 0.0889. The molecule has 0 aliphatic rings. The first-order valence-corrected chi connectivity index (χ1v) is 33.7. The summed E-state index contributed by atoms with van der Waals surface area (Å²) in [5, 5.41) is 7.43. The Morgan fingerprint density at radius 3 is 0.867 bits per heavy atom. The van der Waals surface area contributed by atoms with E-state index in [1.165, 1.54) is 109 Å². The van der Waals surface area contributed by atoms with E-state index in [1.807, 2.05) is 0 Å². The second kappa shape index (κ2) is 19.6. The molecule has 0 saturated heterocycles. The average molecular weight is 1020 g/mol. The predicted octanol–water partition coefficient (Wildman–Crippen LogP) is 20.5. The molecule has 0 fully saturated rings. The van der Waals surface area contributed by atoms with E-state index >= 15 is 0 Å². The smallest absolute Gasteiger partial charge is 0.0523 e. The molecule has 1 nitrogen and oxygen atoms in total. The van der Waals surface area contributed by atoms with Gasteiger partial charge in [0.1, 0.15) is 0 Å². The zero-order valence-electron chi connectivity index (χ0n) is 43.8. The quantitative estimate of drug-likeness (QED) is 0.123. The van der Waals surface area contributed by atoms with Crippen LogP contribution in [0.5, 0.6) is 0 Å². The fourth-order valence-electron chi connectivity index (χ4n) is 10.6. The standard InChI is InChI=1S/C73H61GeN/c1-73(2,3)68-14-10-13-58(49-68)64-26-20-57-19-25-63(47-67(57)48-64)54-33-41-72(42-34-54)75(70-37-29-52(30-38-70)61-23-17-55-15-21-59(43-65(55)45-61)50-11-8-7-9-12-50)71-39-31-53(32-40-71)62-24-18-56-16-22-60(44-66(56)46-62)51-27-35-69(36-28-51)74(4,5)6/h7-49H,1-6H3. The van der Waals surface area contributed by atoms with Gasteiger partial charge in [0.15, 0.2) is 0 Å². The minimum Gasteiger partial charge on any atom is -0.0523 e. The van der Waals surface area contributed by atoms with Gasteiger partial charge in [-0.2, -0.15) is 0 Å². The number of fused-ring (bicyclic) bond motifs is 3. The van der Waals surface area contributed by atoms with Crippen LogP contribution >= 0.6 is 0 Å². The molecule has 362 valence electrons. The summed E-state index contributed by atoms with van der Waals surface area (Å²) in [6, 6.07) is 97.1. The Morgan fingerprint density at radius 1 is 0.253 bits per heavy atom. The van der Waals surface area contributed by atoms with Crippen LogP contribution in [0.2, 0.25) is 17.3 Å². The van der Waals surface area contributed by atoms with Crippen molar-refractivity contribution in [3.63, 3.8) is 0 Å². The molecule has 0 radical (unpaired) electrons. The zero-order valence-corrected chi connectivity index (χ0v) is 45.9. The third-order valence-corrected chi connectivity index (χ3v) is 19.5. The van der Waals surface area contributed by atoms with Crippen LogP contribution in [0, 0.1) is 0 Å². The molecule has 12 rings (SSSR count). The Kier molecular flexibility index (Phi) is 12.4. The van der Waals surface area contributed by atoms with Crippen LogP contribution in [0.25, 0.3) is 99.1 Å². The van der Waals surface area contributed by atoms with Gasteiger partial charge >= 0.3 is 153 Å². The van der Waals surface area contributed by atoms with Crippen LogP contribution < -0.4 is 9.30 Å². The molecule has 0 unspecified atom stereocenters. The number of nitrogens with zero attached hydrogens (tertiary/aromatic N) is 1. The van der Waals surface area contributed by atoms with E-state index in [-0.39, 0.29) is 5.41 Å². The van der Waals surface area contributed by atoms with Crippen LogP contribution in [0.1, 0.15) is 26.3 Å². The number of benzene rings is 12. The van der Waals surface area contributed by atoms with Gasteiger partial charge in [0.05, 0.1) is 0 Å². The summed E-state index contributed by atoms with van der Waals surface area (Å²) in [6.45, 7) is 6.83. The van der Waals surface area contributed by atoms with Crippen LogP contribution in [0.3, 0.4) is 0 Å². The van der Waals surface area contributed by atoms with Crippen LogP contribution in [0.4, 0.5) is 17.1 Å². The Balaban J connectivity index is 0.875. The molecule has 0 spiro atoms. The Morgan fingerprint density at radius 2 is 0.533 bits per heavy atom. The molecule has 75 heavy (non-hydrogen) atoms.